The molecule has 20 aromatic rings. The van der Waals surface area contributed by atoms with Gasteiger partial charge in [-0.05, 0) is 147 Å². The molecule has 0 aliphatic heterocycles. The predicted octanol–water partition coefficient (Wildman–Crippen LogP) is 21.3. The maximum atomic E-state index is 5.78. The second kappa shape index (κ2) is 26.1. The first kappa shape index (κ1) is 61.1. The molecule has 0 aliphatic carbocycles. The Hall–Kier alpha value is -12.5. The molecule has 0 fully saturated rings. The summed E-state index contributed by atoms with van der Waals surface area (Å²) in [7, 11) is 0. The number of pyridine rings is 3. The van der Waals surface area contributed by atoms with Crippen LogP contribution in [0.1, 0.15) is 0 Å². The zero-order valence-electron chi connectivity index (χ0n) is 53.4. The second-order valence-corrected chi connectivity index (χ2v) is 24.6. The summed E-state index contributed by atoms with van der Waals surface area (Å²) < 4.78 is 12.9. The van der Waals surface area contributed by atoms with E-state index in [0.29, 0.717) is 5.15 Å². The largest absolute Gasteiger partial charge is 2.00 e. The third-order valence-electron chi connectivity index (χ3n) is 18.5. The van der Waals surface area contributed by atoms with Crippen molar-refractivity contribution >= 4 is 98.8 Å². The molecule has 0 amide bonds. The van der Waals surface area contributed by atoms with Gasteiger partial charge < -0.3 is 13.7 Å². The van der Waals surface area contributed by atoms with Crippen LogP contribution < -0.4 is 0 Å². The van der Waals surface area contributed by atoms with Gasteiger partial charge >= 0.3 is 21.1 Å². The molecule has 0 atom stereocenters. The van der Waals surface area contributed by atoms with Gasteiger partial charge in [0.2, 0.25) is 0 Å². The molecular weight excluding hydrogens is 1430 g/mol. The van der Waals surface area contributed by atoms with Gasteiger partial charge in [0.1, 0.15) is 16.8 Å². The first-order valence-corrected chi connectivity index (χ1v) is 33.1. The van der Waals surface area contributed by atoms with Gasteiger partial charge in [-0.25, -0.2) is 19.6 Å². The number of benzene rings is 11. The fourth-order valence-electron chi connectivity index (χ4n) is 14.0. The molecule has 20 rings (SSSR count). The zero-order valence-corrected chi connectivity index (χ0v) is 56.5. The average Bonchev–Trinajstić information content (AvgIpc) is 1.58. The van der Waals surface area contributed by atoms with Gasteiger partial charge in [0.25, 0.3) is 0 Å². The van der Waals surface area contributed by atoms with Crippen LogP contribution in [0.5, 0.6) is 0 Å². The van der Waals surface area contributed by atoms with Crippen LogP contribution >= 0.6 is 11.6 Å². The number of halogens is 1. The van der Waals surface area contributed by atoms with Crippen LogP contribution in [0, 0.1) is 12.1 Å². The number of aromatic nitrogens is 11. The molecule has 0 saturated carbocycles. The predicted molar refractivity (Wildman–Crippen MR) is 403 cm³/mol. The van der Waals surface area contributed by atoms with Crippen molar-refractivity contribution in [1.82, 2.24) is 52.8 Å². The van der Waals surface area contributed by atoms with Crippen LogP contribution in [0.25, 0.3) is 155 Å². The molecule has 13 heteroatoms. The Balaban J connectivity index is 0.000000126. The van der Waals surface area contributed by atoms with E-state index in [1.807, 2.05) is 107 Å². The van der Waals surface area contributed by atoms with E-state index in [1.165, 1.54) is 43.4 Å². The Morgan fingerprint density at radius 2 is 0.650 bits per heavy atom. The van der Waals surface area contributed by atoms with Crippen LogP contribution in [0.4, 0.5) is 0 Å². The van der Waals surface area contributed by atoms with Crippen molar-refractivity contribution < 1.29 is 21.1 Å². The van der Waals surface area contributed by atoms with Crippen LogP contribution in [0.3, 0.4) is 0 Å². The van der Waals surface area contributed by atoms with Gasteiger partial charge in [-0.15, -0.1) is 35.0 Å². The summed E-state index contributed by atoms with van der Waals surface area (Å²) in [5.41, 5.74) is 19.5. The summed E-state index contributed by atoms with van der Waals surface area (Å²) in [5.74, 6) is 1.75. The number of hydrogen-bond donors (Lipinski definition) is 0. The number of hydrogen-bond acceptors (Lipinski definition) is 5. The van der Waals surface area contributed by atoms with E-state index in [2.05, 4.69) is 276 Å². The molecule has 11 nitrogen and oxygen atoms in total. The Bertz CT molecular complexity index is 6030. The van der Waals surface area contributed by atoms with Gasteiger partial charge in [-0.1, -0.05) is 204 Å². The molecule has 0 N–H and O–H groups in total. The maximum absolute atomic E-state index is 5.78. The SMILES string of the molecule is Clc1cc(-c2ccccc2)ccn1.[Pt+2].[c-]1c(-n2cccn2)ccc2c3ccccc3n(-c3[c-]c4c(cc3)c3ccccc3n4-c3cc(-c4ccccc4)ccn3)c12.c1ccc(-c2ccnc(-n3c4ccccc4c4ccc(-n5c6ccccc6c6ccc(-n7cccn7)cc65)cc43)c2)cc1. The number of rotatable bonds is 9. The minimum absolute atomic E-state index is 0. The molecule has 0 spiro atoms. The van der Waals surface area contributed by atoms with Crippen LogP contribution in [-0.2, 0) is 21.1 Å². The van der Waals surface area contributed by atoms with E-state index in [4.69, 9.17) is 21.6 Å². The topological polar surface area (TPSA) is 94.0 Å². The van der Waals surface area contributed by atoms with Gasteiger partial charge in [-0.2, -0.15) is 22.3 Å². The average molecular weight is 1490 g/mol. The molecule has 11 aromatic carbocycles. The molecule has 9 aromatic heterocycles. The molecule has 0 unspecified atom stereocenters. The molecule has 9 heterocycles. The van der Waals surface area contributed by atoms with E-state index in [9.17, 15) is 0 Å². The first-order chi connectivity index (χ1) is 49.0. The second-order valence-electron chi connectivity index (χ2n) is 24.2. The fourth-order valence-corrected chi connectivity index (χ4v) is 14.2. The molecule has 0 bridgehead atoms. The third-order valence-corrected chi connectivity index (χ3v) is 18.7. The van der Waals surface area contributed by atoms with Crippen molar-refractivity contribution in [3.63, 3.8) is 0 Å². The number of para-hydroxylation sites is 4. The standard InChI is InChI=1S/C38H25N5.C38H23N5.C11H8ClN.Pt/c2*1-2-9-26(10-3-1)27-19-21-39-38(23-27)43-35-14-7-5-12-31(35)33-18-16-29(25-37(33)43)42-34-13-6-4-11-30(34)32-17-15-28(24-36(32)42)41-22-8-20-40-41;12-11-8-10(6-7-13-11)9-4-2-1-3-5-9;/h1-25H;1-23H;1-8H;/q;-2;;+2. The molecular formula is C87H56ClN11Pt. The van der Waals surface area contributed by atoms with Gasteiger partial charge in [-0.3, -0.25) is 9.25 Å². The minimum atomic E-state index is 0. The van der Waals surface area contributed by atoms with Crippen LogP contribution in [0.15, 0.2) is 341 Å². The molecule has 0 radical (unpaired) electrons. The number of nitrogens with zero attached hydrogens (tertiary/aromatic N) is 11. The van der Waals surface area contributed by atoms with E-state index < -0.39 is 0 Å². The van der Waals surface area contributed by atoms with Crippen molar-refractivity contribution in [3.05, 3.63) is 358 Å². The quantitative estimate of drug-likeness (QED) is 0.106. The minimum Gasteiger partial charge on any atom is -0.358 e. The van der Waals surface area contributed by atoms with E-state index in [0.717, 1.165) is 112 Å². The van der Waals surface area contributed by atoms with Crippen molar-refractivity contribution in [2.75, 3.05) is 0 Å². The van der Waals surface area contributed by atoms with Gasteiger partial charge in [0.05, 0.1) is 27.8 Å². The van der Waals surface area contributed by atoms with Crippen LogP contribution in [-0.4, -0.2) is 52.8 Å². The smallest absolute Gasteiger partial charge is 0.358 e. The maximum Gasteiger partial charge on any atom is 2.00 e. The Labute approximate surface area is 594 Å². The summed E-state index contributed by atoms with van der Waals surface area (Å²) in [6.07, 6.45) is 13.0. The first-order valence-electron chi connectivity index (χ1n) is 32.7. The van der Waals surface area contributed by atoms with Crippen LogP contribution in [0.2, 0.25) is 5.15 Å². The molecule has 476 valence electrons. The monoisotopic (exact) mass is 1480 g/mol. The Morgan fingerprint density at radius 1 is 0.260 bits per heavy atom. The van der Waals surface area contributed by atoms with Crippen molar-refractivity contribution in [2.45, 2.75) is 0 Å². The van der Waals surface area contributed by atoms with E-state index in [-0.39, 0.29) is 21.1 Å². The number of fused-ring (bicyclic) bond motifs is 12. The van der Waals surface area contributed by atoms with Gasteiger partial charge in [0.15, 0.2) is 0 Å². The normalized spacial score (nSPS) is 11.4. The zero-order chi connectivity index (χ0) is 65.8. The third kappa shape index (κ3) is 11.0. The van der Waals surface area contributed by atoms with E-state index in [1.54, 1.807) is 12.4 Å². The molecule has 0 saturated heterocycles. The van der Waals surface area contributed by atoms with Crippen molar-refractivity contribution in [2.24, 2.45) is 0 Å². The summed E-state index contributed by atoms with van der Waals surface area (Å²) in [6.45, 7) is 0. The molecule has 100 heavy (non-hydrogen) atoms. The van der Waals surface area contributed by atoms with E-state index >= 15 is 0 Å². The fraction of sp³-hybridized carbons (Fsp3) is 0. The summed E-state index contributed by atoms with van der Waals surface area (Å²) in [5, 5.41) is 18.9. The van der Waals surface area contributed by atoms with Crippen molar-refractivity contribution in [3.8, 4) is 67.8 Å². The summed E-state index contributed by atoms with van der Waals surface area (Å²) in [6, 6.07) is 111. The summed E-state index contributed by atoms with van der Waals surface area (Å²) in [4.78, 5) is 13.7. The Kier molecular flexibility index (Phi) is 16.0. The van der Waals surface area contributed by atoms with Crippen molar-refractivity contribution in [1.29, 1.82) is 0 Å². The summed E-state index contributed by atoms with van der Waals surface area (Å²) >= 11 is 5.78. The molecule has 0 aliphatic rings. The van der Waals surface area contributed by atoms with Gasteiger partial charge in [0, 0.05) is 81.6 Å². The Morgan fingerprint density at radius 3 is 1.19 bits per heavy atom.